The van der Waals surface area contributed by atoms with Crippen molar-refractivity contribution >= 4 is 15.9 Å². The summed E-state index contributed by atoms with van der Waals surface area (Å²) in [5, 5.41) is 11.1. The van der Waals surface area contributed by atoms with Crippen LogP contribution >= 0.6 is 0 Å². The maximum absolute atomic E-state index is 12.4. The molecular weight excluding hydrogens is 316 g/mol. The van der Waals surface area contributed by atoms with Crippen LogP contribution in [-0.2, 0) is 14.8 Å². The number of aliphatic hydroxyl groups excluding tert-OH is 1. The number of aliphatic hydroxyl groups is 1. The predicted molar refractivity (Wildman–Crippen MR) is 86.7 cm³/mol. The number of amides is 1. The minimum atomic E-state index is -3.83. The molecule has 1 aromatic carbocycles. The van der Waals surface area contributed by atoms with Crippen LogP contribution in [0.1, 0.15) is 39.0 Å². The van der Waals surface area contributed by atoms with Crippen LogP contribution in [0, 0.1) is 5.92 Å². The molecule has 128 valence electrons. The molecule has 0 spiro atoms. The first-order valence-corrected chi connectivity index (χ1v) is 9.49. The van der Waals surface area contributed by atoms with Gasteiger partial charge in [-0.15, -0.1) is 4.83 Å². The van der Waals surface area contributed by atoms with Gasteiger partial charge < -0.3 is 5.11 Å². The predicted octanol–water partition coefficient (Wildman–Crippen LogP) is 1.67. The van der Waals surface area contributed by atoms with Crippen LogP contribution in [0.15, 0.2) is 35.2 Å². The SMILES string of the molecule is CCCCC(O)C(=O)N(CC1CC1)NS(=O)(=O)c1ccccc1. The van der Waals surface area contributed by atoms with Gasteiger partial charge in [0.1, 0.15) is 6.10 Å². The summed E-state index contributed by atoms with van der Waals surface area (Å²) in [5.74, 6) is -0.277. The molecular formula is C16H24N2O4S. The molecule has 0 saturated heterocycles. The van der Waals surface area contributed by atoms with Crippen LogP contribution < -0.4 is 4.83 Å². The first-order chi connectivity index (χ1) is 10.9. The summed E-state index contributed by atoms with van der Waals surface area (Å²) in [6, 6.07) is 7.90. The van der Waals surface area contributed by atoms with Gasteiger partial charge in [0.15, 0.2) is 0 Å². The lowest BCUT2D eigenvalue weighted by Gasteiger charge is -2.25. The molecule has 0 radical (unpaired) electrons. The van der Waals surface area contributed by atoms with E-state index in [4.69, 9.17) is 0 Å². The standard InChI is InChI=1S/C16H24N2O4S/c1-2-3-9-15(19)16(20)18(12-13-10-11-13)17-23(21,22)14-7-5-4-6-8-14/h4-8,13,15,17,19H,2-3,9-12H2,1H3. The number of hydrogen-bond donors (Lipinski definition) is 2. The molecule has 0 aromatic heterocycles. The van der Waals surface area contributed by atoms with Crippen molar-refractivity contribution in [1.82, 2.24) is 9.84 Å². The topological polar surface area (TPSA) is 86.7 Å². The Balaban J connectivity index is 2.10. The number of nitrogens with one attached hydrogen (secondary N) is 1. The number of sulfonamides is 1. The van der Waals surface area contributed by atoms with Gasteiger partial charge in [-0.3, -0.25) is 9.80 Å². The lowest BCUT2D eigenvalue weighted by Crippen LogP contribution is -2.51. The second-order valence-corrected chi connectivity index (χ2v) is 7.62. The lowest BCUT2D eigenvalue weighted by molar-refractivity contribution is -0.142. The highest BCUT2D eigenvalue weighted by Gasteiger charge is 2.32. The Morgan fingerprint density at radius 1 is 1.35 bits per heavy atom. The molecule has 1 atom stereocenters. The number of hydrazine groups is 1. The highest BCUT2D eigenvalue weighted by atomic mass is 32.2. The summed E-state index contributed by atoms with van der Waals surface area (Å²) in [6.45, 7) is 2.27. The van der Waals surface area contributed by atoms with Gasteiger partial charge in [0, 0.05) is 6.54 Å². The van der Waals surface area contributed by atoms with Crippen LogP contribution in [0.2, 0.25) is 0 Å². The molecule has 2 N–H and O–H groups in total. The zero-order chi connectivity index (χ0) is 16.9. The molecule has 1 fully saturated rings. The third-order valence-electron chi connectivity index (χ3n) is 3.80. The van der Waals surface area contributed by atoms with Gasteiger partial charge >= 0.3 is 0 Å². The van der Waals surface area contributed by atoms with Crippen molar-refractivity contribution < 1.29 is 18.3 Å². The maximum Gasteiger partial charge on any atom is 0.266 e. The molecule has 1 unspecified atom stereocenters. The summed E-state index contributed by atoms with van der Waals surface area (Å²) in [4.78, 5) is 14.8. The van der Waals surface area contributed by atoms with E-state index in [2.05, 4.69) is 4.83 Å². The average molecular weight is 340 g/mol. The van der Waals surface area contributed by atoms with Crippen LogP contribution in [0.3, 0.4) is 0 Å². The number of benzene rings is 1. The summed E-state index contributed by atoms with van der Waals surface area (Å²) >= 11 is 0. The molecule has 2 rings (SSSR count). The molecule has 7 heteroatoms. The van der Waals surface area contributed by atoms with Crippen molar-refractivity contribution in [3.8, 4) is 0 Å². The van der Waals surface area contributed by atoms with E-state index in [9.17, 15) is 18.3 Å². The van der Waals surface area contributed by atoms with Gasteiger partial charge in [-0.2, -0.15) is 0 Å². The summed E-state index contributed by atoms with van der Waals surface area (Å²) < 4.78 is 24.8. The zero-order valence-electron chi connectivity index (χ0n) is 13.3. The van der Waals surface area contributed by atoms with Crippen LogP contribution in [0.5, 0.6) is 0 Å². The van der Waals surface area contributed by atoms with Crippen LogP contribution in [0.25, 0.3) is 0 Å². The summed E-state index contributed by atoms with van der Waals surface area (Å²) in [6.07, 6.45) is 2.69. The fourth-order valence-electron chi connectivity index (χ4n) is 2.23. The highest BCUT2D eigenvalue weighted by Crippen LogP contribution is 2.29. The Morgan fingerprint density at radius 2 is 2.00 bits per heavy atom. The number of carbonyl (C=O) groups is 1. The van der Waals surface area contributed by atoms with Crippen molar-refractivity contribution in [2.45, 2.75) is 50.0 Å². The smallest absolute Gasteiger partial charge is 0.266 e. The van der Waals surface area contributed by atoms with Gasteiger partial charge in [0.05, 0.1) is 4.90 Å². The zero-order valence-corrected chi connectivity index (χ0v) is 14.1. The lowest BCUT2D eigenvalue weighted by atomic mass is 10.1. The number of unbranched alkanes of at least 4 members (excludes halogenated alkanes) is 1. The molecule has 6 nitrogen and oxygen atoms in total. The molecule has 1 aromatic rings. The van der Waals surface area contributed by atoms with E-state index in [1.54, 1.807) is 18.2 Å². The first kappa shape index (κ1) is 17.9. The third-order valence-corrected chi connectivity index (χ3v) is 5.16. The van der Waals surface area contributed by atoms with E-state index in [1.807, 2.05) is 6.92 Å². The fraction of sp³-hybridized carbons (Fsp3) is 0.562. The van der Waals surface area contributed by atoms with Crippen LogP contribution in [0.4, 0.5) is 0 Å². The fourth-order valence-corrected chi connectivity index (χ4v) is 3.30. The summed E-state index contributed by atoms with van der Waals surface area (Å²) in [5.41, 5.74) is 0. The molecule has 0 bridgehead atoms. The van der Waals surface area contributed by atoms with Gasteiger partial charge in [-0.05, 0) is 37.3 Å². The quantitative estimate of drug-likeness (QED) is 0.670. The van der Waals surface area contributed by atoms with E-state index in [0.29, 0.717) is 18.9 Å². The molecule has 23 heavy (non-hydrogen) atoms. The van der Waals surface area contributed by atoms with E-state index in [0.717, 1.165) is 30.7 Å². The van der Waals surface area contributed by atoms with E-state index < -0.39 is 22.0 Å². The van der Waals surface area contributed by atoms with Gasteiger partial charge in [0.25, 0.3) is 15.9 Å². The Labute approximate surface area is 137 Å². The Kier molecular flexibility index (Phi) is 6.15. The molecule has 1 aliphatic carbocycles. The summed E-state index contributed by atoms with van der Waals surface area (Å²) in [7, 11) is -3.83. The van der Waals surface area contributed by atoms with Gasteiger partial charge in [-0.1, -0.05) is 38.0 Å². The Morgan fingerprint density at radius 3 is 2.57 bits per heavy atom. The number of hydrogen-bond acceptors (Lipinski definition) is 4. The van der Waals surface area contributed by atoms with Crippen molar-refractivity contribution in [1.29, 1.82) is 0 Å². The molecule has 0 aliphatic heterocycles. The number of carbonyl (C=O) groups excluding carboxylic acids is 1. The average Bonchev–Trinajstić information content (AvgIpc) is 3.36. The second kappa shape index (κ2) is 7.90. The molecule has 1 aliphatic rings. The Hall–Kier alpha value is -1.44. The van der Waals surface area contributed by atoms with Crippen molar-refractivity contribution in [3.63, 3.8) is 0 Å². The van der Waals surface area contributed by atoms with Gasteiger partial charge in [-0.25, -0.2) is 8.42 Å². The maximum atomic E-state index is 12.4. The highest BCUT2D eigenvalue weighted by molar-refractivity contribution is 7.89. The Bertz CT molecular complexity index is 614. The van der Waals surface area contributed by atoms with Crippen molar-refractivity contribution in [2.75, 3.05) is 6.54 Å². The minimum Gasteiger partial charge on any atom is -0.383 e. The molecule has 0 heterocycles. The largest absolute Gasteiger partial charge is 0.383 e. The third kappa shape index (κ3) is 5.30. The normalized spacial score (nSPS) is 16.1. The number of nitrogens with zero attached hydrogens (tertiary/aromatic N) is 1. The molecule has 1 saturated carbocycles. The van der Waals surface area contributed by atoms with Gasteiger partial charge in [0.2, 0.25) is 0 Å². The van der Waals surface area contributed by atoms with E-state index >= 15 is 0 Å². The molecule has 1 amide bonds. The number of rotatable bonds is 9. The first-order valence-electron chi connectivity index (χ1n) is 8.01. The second-order valence-electron chi connectivity index (χ2n) is 5.96. The van der Waals surface area contributed by atoms with Crippen molar-refractivity contribution in [2.24, 2.45) is 5.92 Å². The van der Waals surface area contributed by atoms with Crippen LogP contribution in [-0.4, -0.2) is 37.1 Å². The van der Waals surface area contributed by atoms with Crippen molar-refractivity contribution in [3.05, 3.63) is 30.3 Å². The monoisotopic (exact) mass is 340 g/mol. The minimum absolute atomic E-state index is 0.0941. The van der Waals surface area contributed by atoms with E-state index in [-0.39, 0.29) is 4.90 Å². The van der Waals surface area contributed by atoms with E-state index in [1.165, 1.54) is 12.1 Å².